The Morgan fingerprint density at radius 3 is 2.12 bits per heavy atom. The van der Waals surface area contributed by atoms with Crippen molar-refractivity contribution in [2.75, 3.05) is 0 Å². The zero-order valence-corrected chi connectivity index (χ0v) is 15.9. The summed E-state index contributed by atoms with van der Waals surface area (Å²) in [4.78, 5) is 14.0. The fourth-order valence-electron chi connectivity index (χ4n) is 3.83. The summed E-state index contributed by atoms with van der Waals surface area (Å²) in [6.07, 6.45) is 0.0267. The first kappa shape index (κ1) is 18.5. The van der Waals surface area contributed by atoms with Crippen LogP contribution in [-0.4, -0.2) is 27.4 Å². The quantitative estimate of drug-likeness (QED) is 0.862. The maximum atomic E-state index is 12.6. The van der Waals surface area contributed by atoms with Gasteiger partial charge in [0.2, 0.25) is 0 Å². The van der Waals surface area contributed by atoms with Gasteiger partial charge in [0.15, 0.2) is 11.3 Å². The Balaban J connectivity index is 1.86. The summed E-state index contributed by atoms with van der Waals surface area (Å²) in [6.45, 7) is 8.02. The number of hydrogen-bond donors (Lipinski definition) is 1. The number of aliphatic hydroxyl groups is 1. The lowest BCUT2D eigenvalue weighted by Crippen LogP contribution is -2.56. The Morgan fingerprint density at radius 1 is 1.00 bits per heavy atom. The van der Waals surface area contributed by atoms with Crippen molar-refractivity contribution in [3.8, 4) is 0 Å². The fourth-order valence-corrected chi connectivity index (χ4v) is 3.83. The second-order valence-electron chi connectivity index (χ2n) is 8.12. The number of carbonyl (C=O) groups excluding carboxylic acids is 1. The minimum absolute atomic E-state index is 0.261. The predicted molar refractivity (Wildman–Crippen MR) is 102 cm³/mol. The summed E-state index contributed by atoms with van der Waals surface area (Å²) in [7, 11) is 0. The predicted octanol–water partition coefficient (Wildman–Crippen LogP) is 4.47. The van der Waals surface area contributed by atoms with Gasteiger partial charge >= 0.3 is 6.09 Å². The molecule has 0 spiro atoms. The number of nitrogens with zero attached hydrogens (tertiary/aromatic N) is 1. The molecular weight excluding hydrogens is 326 g/mol. The van der Waals surface area contributed by atoms with Crippen molar-refractivity contribution < 1.29 is 14.6 Å². The van der Waals surface area contributed by atoms with E-state index in [1.54, 1.807) is 6.92 Å². The van der Waals surface area contributed by atoms with Crippen LogP contribution in [0.5, 0.6) is 0 Å². The summed E-state index contributed by atoms with van der Waals surface area (Å²) in [5, 5.41) is 11.3. The van der Waals surface area contributed by atoms with E-state index in [0.29, 0.717) is 13.0 Å². The van der Waals surface area contributed by atoms with E-state index < -0.39 is 17.4 Å². The van der Waals surface area contributed by atoms with Gasteiger partial charge in [-0.3, -0.25) is 4.90 Å². The van der Waals surface area contributed by atoms with Gasteiger partial charge in [-0.2, -0.15) is 0 Å². The summed E-state index contributed by atoms with van der Waals surface area (Å²) in [5.41, 5.74) is -0.585. The second kappa shape index (κ2) is 6.44. The molecule has 1 aliphatic rings. The average molecular weight is 353 g/mol. The summed E-state index contributed by atoms with van der Waals surface area (Å²) in [6, 6.07) is 19.8. The topological polar surface area (TPSA) is 49.8 Å². The van der Waals surface area contributed by atoms with Gasteiger partial charge in [-0.25, -0.2) is 4.79 Å². The van der Waals surface area contributed by atoms with E-state index in [-0.39, 0.29) is 5.41 Å². The molecule has 2 aromatic carbocycles. The smallest absolute Gasteiger partial charge is 0.413 e. The Hall–Kier alpha value is -2.33. The van der Waals surface area contributed by atoms with Gasteiger partial charge < -0.3 is 9.84 Å². The standard InChI is InChI=1S/C22H27NO3/c1-20(2,18-13-9-6-10-14-18)16-21(3)22(4,25)23(19(24)26-21)15-17-11-7-5-8-12-17/h5-14,25H,15-16H2,1-4H3. The minimum Gasteiger partial charge on any atom is -0.438 e. The van der Waals surface area contributed by atoms with E-state index in [1.807, 2.05) is 55.5 Å². The van der Waals surface area contributed by atoms with Crippen LogP contribution >= 0.6 is 0 Å². The Kier molecular flexibility index (Phi) is 4.57. The molecule has 138 valence electrons. The van der Waals surface area contributed by atoms with Gasteiger partial charge in [-0.15, -0.1) is 0 Å². The van der Waals surface area contributed by atoms with Gasteiger partial charge in [-0.1, -0.05) is 74.5 Å². The van der Waals surface area contributed by atoms with Crippen molar-refractivity contribution in [3.05, 3.63) is 71.8 Å². The lowest BCUT2D eigenvalue weighted by molar-refractivity contribution is -0.147. The number of cyclic esters (lactones) is 1. The van der Waals surface area contributed by atoms with Crippen LogP contribution in [-0.2, 0) is 16.7 Å². The largest absolute Gasteiger partial charge is 0.438 e. The molecule has 2 aromatic rings. The number of carbonyl (C=O) groups is 1. The van der Waals surface area contributed by atoms with E-state index in [1.165, 1.54) is 4.90 Å². The molecule has 4 nitrogen and oxygen atoms in total. The second-order valence-corrected chi connectivity index (χ2v) is 8.12. The van der Waals surface area contributed by atoms with Crippen molar-refractivity contribution >= 4 is 6.09 Å². The third-order valence-corrected chi connectivity index (χ3v) is 5.58. The molecule has 0 aromatic heterocycles. The Morgan fingerprint density at radius 2 is 1.54 bits per heavy atom. The highest BCUT2D eigenvalue weighted by atomic mass is 16.6. The van der Waals surface area contributed by atoms with Gasteiger partial charge in [0.1, 0.15) is 0 Å². The van der Waals surface area contributed by atoms with E-state index in [2.05, 4.69) is 26.0 Å². The number of ether oxygens (including phenoxy) is 1. The zero-order valence-electron chi connectivity index (χ0n) is 15.9. The maximum absolute atomic E-state index is 12.6. The Labute approximate surface area is 155 Å². The SMILES string of the molecule is CC(C)(CC1(C)OC(=O)N(Cc2ccccc2)C1(C)O)c1ccccc1. The molecule has 1 saturated heterocycles. The molecule has 0 radical (unpaired) electrons. The molecule has 26 heavy (non-hydrogen) atoms. The first-order valence-corrected chi connectivity index (χ1v) is 8.98. The highest BCUT2D eigenvalue weighted by Crippen LogP contribution is 2.45. The van der Waals surface area contributed by atoms with Crippen molar-refractivity contribution in [3.63, 3.8) is 0 Å². The first-order chi connectivity index (χ1) is 12.2. The van der Waals surface area contributed by atoms with Gasteiger partial charge in [-0.05, 0) is 30.4 Å². The maximum Gasteiger partial charge on any atom is 0.413 e. The monoisotopic (exact) mass is 353 g/mol. The van der Waals surface area contributed by atoms with E-state index in [4.69, 9.17) is 4.74 Å². The van der Waals surface area contributed by atoms with Crippen LogP contribution in [0.2, 0.25) is 0 Å². The highest BCUT2D eigenvalue weighted by Gasteiger charge is 2.60. The van der Waals surface area contributed by atoms with E-state index in [0.717, 1.165) is 11.1 Å². The molecule has 0 bridgehead atoms. The number of hydrogen-bond acceptors (Lipinski definition) is 3. The molecule has 2 atom stereocenters. The molecule has 3 rings (SSSR count). The van der Waals surface area contributed by atoms with Crippen LogP contribution in [0.3, 0.4) is 0 Å². The molecule has 1 amide bonds. The van der Waals surface area contributed by atoms with Crippen molar-refractivity contribution in [1.82, 2.24) is 4.90 Å². The van der Waals surface area contributed by atoms with Gasteiger partial charge in [0.05, 0.1) is 6.54 Å². The van der Waals surface area contributed by atoms with E-state index >= 15 is 0 Å². The molecule has 2 unspecified atom stereocenters. The third-order valence-electron chi connectivity index (χ3n) is 5.58. The summed E-state index contributed by atoms with van der Waals surface area (Å²) >= 11 is 0. The van der Waals surface area contributed by atoms with Crippen LogP contribution in [0, 0.1) is 0 Å². The molecule has 1 aliphatic heterocycles. The molecular formula is C22H27NO3. The minimum atomic E-state index is -1.41. The lowest BCUT2D eigenvalue weighted by atomic mass is 9.72. The van der Waals surface area contributed by atoms with Crippen molar-refractivity contribution in [1.29, 1.82) is 0 Å². The Bertz CT molecular complexity index is 770. The highest BCUT2D eigenvalue weighted by molar-refractivity contribution is 5.72. The molecule has 1 heterocycles. The van der Waals surface area contributed by atoms with Crippen LogP contribution in [0.1, 0.15) is 45.2 Å². The van der Waals surface area contributed by atoms with Crippen LogP contribution in [0.15, 0.2) is 60.7 Å². The molecule has 0 saturated carbocycles. The number of amides is 1. The average Bonchev–Trinajstić information content (AvgIpc) is 2.75. The number of rotatable bonds is 5. The molecule has 0 aliphatic carbocycles. The fraction of sp³-hybridized carbons (Fsp3) is 0.409. The van der Waals surface area contributed by atoms with Crippen LogP contribution in [0.25, 0.3) is 0 Å². The first-order valence-electron chi connectivity index (χ1n) is 8.98. The van der Waals surface area contributed by atoms with Crippen molar-refractivity contribution in [2.24, 2.45) is 0 Å². The molecule has 4 heteroatoms. The van der Waals surface area contributed by atoms with E-state index in [9.17, 15) is 9.90 Å². The van der Waals surface area contributed by atoms with Gasteiger partial charge in [0, 0.05) is 6.42 Å². The summed E-state index contributed by atoms with van der Waals surface area (Å²) in [5.74, 6) is 0. The third kappa shape index (κ3) is 3.21. The molecule has 1 N–H and O–H groups in total. The summed E-state index contributed by atoms with van der Waals surface area (Å²) < 4.78 is 5.74. The van der Waals surface area contributed by atoms with Crippen LogP contribution in [0.4, 0.5) is 4.79 Å². The van der Waals surface area contributed by atoms with Gasteiger partial charge in [0.25, 0.3) is 0 Å². The zero-order chi connectivity index (χ0) is 19.0. The van der Waals surface area contributed by atoms with Crippen LogP contribution < -0.4 is 0 Å². The normalized spacial score (nSPS) is 26.0. The lowest BCUT2D eigenvalue weighted by Gasteiger charge is -2.42. The number of benzene rings is 2. The molecule has 1 fully saturated rings. The van der Waals surface area contributed by atoms with Crippen molar-refractivity contribution in [2.45, 2.75) is 57.4 Å².